The maximum Gasteiger partial charge on any atom is 0.143 e. The molecule has 1 heterocycles. The van der Waals surface area contributed by atoms with E-state index in [1.807, 2.05) is 103 Å². The van der Waals surface area contributed by atoms with Gasteiger partial charge in [-0.05, 0) is 65.4 Å². The minimum absolute atomic E-state index is 0.139. The second-order valence-electron chi connectivity index (χ2n) is 12.0. The Hall–Kier alpha value is -4.77. The molecule has 0 spiro atoms. The van der Waals surface area contributed by atoms with E-state index in [0.717, 1.165) is 57.3 Å². The van der Waals surface area contributed by atoms with Crippen LogP contribution in [0.1, 0.15) is 60.2 Å². The first-order valence-corrected chi connectivity index (χ1v) is 16.1. The number of carbonyl (C=O) groups is 1. The molecule has 0 amide bonds. The van der Waals surface area contributed by atoms with Crippen LogP contribution in [0.25, 0.3) is 11.3 Å². The van der Waals surface area contributed by atoms with Crippen LogP contribution in [0.2, 0.25) is 0 Å². The molecule has 1 saturated carbocycles. The van der Waals surface area contributed by atoms with Gasteiger partial charge in [-0.15, -0.1) is 0 Å². The molecule has 5 aromatic rings. The van der Waals surface area contributed by atoms with Crippen molar-refractivity contribution in [2.45, 2.75) is 64.6 Å². The van der Waals surface area contributed by atoms with E-state index in [0.29, 0.717) is 25.6 Å². The highest BCUT2D eigenvalue weighted by Crippen LogP contribution is 2.29. The van der Waals surface area contributed by atoms with Gasteiger partial charge in [0.05, 0.1) is 29.7 Å². The van der Waals surface area contributed by atoms with Crippen molar-refractivity contribution in [1.82, 2.24) is 9.97 Å². The molecule has 0 radical (unpaired) electrons. The van der Waals surface area contributed by atoms with Gasteiger partial charge in [-0.3, -0.25) is 9.78 Å². The first-order chi connectivity index (χ1) is 22.2. The molecule has 1 fully saturated rings. The maximum atomic E-state index is 13.3. The Balaban J connectivity index is 1.11. The molecule has 1 aromatic heterocycles. The molecule has 0 saturated heterocycles. The van der Waals surface area contributed by atoms with Gasteiger partial charge in [0.2, 0.25) is 0 Å². The first kappa shape index (κ1) is 30.3. The van der Waals surface area contributed by atoms with E-state index in [4.69, 9.17) is 19.4 Å². The summed E-state index contributed by atoms with van der Waals surface area (Å²) >= 11 is 0. The Kier molecular flexibility index (Phi) is 10.3. The molecule has 0 aliphatic heterocycles. The third-order valence-corrected chi connectivity index (χ3v) is 8.47. The topological polar surface area (TPSA) is 61.3 Å². The van der Waals surface area contributed by atoms with Gasteiger partial charge < -0.3 is 9.47 Å². The summed E-state index contributed by atoms with van der Waals surface area (Å²) in [7, 11) is 0. The van der Waals surface area contributed by atoms with E-state index in [1.165, 1.54) is 32.1 Å². The Labute approximate surface area is 266 Å². The summed E-state index contributed by atoms with van der Waals surface area (Å²) < 4.78 is 11.9. The summed E-state index contributed by atoms with van der Waals surface area (Å²) in [4.78, 5) is 23.2. The number of rotatable bonds is 13. The van der Waals surface area contributed by atoms with Crippen molar-refractivity contribution < 1.29 is 14.3 Å². The molecule has 0 atom stereocenters. The molecule has 45 heavy (non-hydrogen) atoms. The Morgan fingerprint density at radius 3 is 1.80 bits per heavy atom. The first-order valence-electron chi connectivity index (χ1n) is 16.1. The molecular formula is C40H40N2O3. The highest BCUT2D eigenvalue weighted by molar-refractivity contribution is 5.83. The maximum absolute atomic E-state index is 13.3. The quantitative estimate of drug-likeness (QED) is 0.136. The fourth-order valence-electron chi connectivity index (χ4n) is 5.95. The second kappa shape index (κ2) is 15.3. The van der Waals surface area contributed by atoms with Gasteiger partial charge >= 0.3 is 0 Å². The lowest BCUT2D eigenvalue weighted by Crippen LogP contribution is -2.16. The zero-order valence-corrected chi connectivity index (χ0v) is 25.7. The minimum Gasteiger partial charge on any atom is -0.489 e. The fourth-order valence-corrected chi connectivity index (χ4v) is 5.95. The van der Waals surface area contributed by atoms with Crippen LogP contribution < -0.4 is 9.47 Å². The van der Waals surface area contributed by atoms with Gasteiger partial charge in [-0.2, -0.15) is 0 Å². The molecule has 6 rings (SSSR count). The normalized spacial score (nSPS) is 13.3. The largest absolute Gasteiger partial charge is 0.489 e. The van der Waals surface area contributed by atoms with E-state index in [-0.39, 0.29) is 12.2 Å². The summed E-state index contributed by atoms with van der Waals surface area (Å²) in [5.41, 5.74) is 6.82. The standard InChI is InChI=1S/C40H40N2O3/c43-35(24-31-16-20-36(21-17-31)44-28-32-12-6-2-7-13-32)26-38-39(25-30-10-4-1-5-11-30)42-40(27-41-38)34-18-22-37(23-19-34)45-29-33-14-8-3-9-15-33/h2-3,6-9,12-23,27,30H,1,4-5,10-11,24-26,28-29H2. The SMILES string of the molecule is O=C(Cc1ccc(OCc2ccccc2)cc1)Cc1ncc(-c2ccc(OCc3ccccc3)cc2)nc1CC1CCCCC1. The van der Waals surface area contributed by atoms with Crippen LogP contribution >= 0.6 is 0 Å². The molecule has 5 heteroatoms. The van der Waals surface area contributed by atoms with Gasteiger partial charge in [0.15, 0.2) is 0 Å². The van der Waals surface area contributed by atoms with Crippen molar-refractivity contribution in [3.63, 3.8) is 0 Å². The Bertz CT molecular complexity index is 1650. The molecule has 4 aromatic carbocycles. The molecule has 0 unspecified atom stereocenters. The monoisotopic (exact) mass is 596 g/mol. The molecule has 5 nitrogen and oxygen atoms in total. The van der Waals surface area contributed by atoms with Crippen molar-refractivity contribution in [1.29, 1.82) is 0 Å². The molecule has 1 aliphatic rings. The lowest BCUT2D eigenvalue weighted by molar-refractivity contribution is -0.117. The number of hydrogen-bond acceptors (Lipinski definition) is 5. The van der Waals surface area contributed by atoms with Crippen LogP contribution in [0.3, 0.4) is 0 Å². The van der Waals surface area contributed by atoms with E-state index < -0.39 is 0 Å². The summed E-state index contributed by atoms with van der Waals surface area (Å²) in [6, 6.07) is 36.1. The van der Waals surface area contributed by atoms with E-state index in [1.54, 1.807) is 0 Å². The zero-order valence-electron chi connectivity index (χ0n) is 25.7. The predicted molar refractivity (Wildman–Crippen MR) is 178 cm³/mol. The van der Waals surface area contributed by atoms with Gasteiger partial charge in [-0.25, -0.2) is 4.98 Å². The molecular weight excluding hydrogens is 556 g/mol. The van der Waals surface area contributed by atoms with E-state index in [9.17, 15) is 4.79 Å². The number of ketones is 1. The van der Waals surface area contributed by atoms with Crippen LogP contribution in [-0.4, -0.2) is 15.8 Å². The van der Waals surface area contributed by atoms with Crippen molar-refractivity contribution in [3.05, 3.63) is 143 Å². The summed E-state index contributed by atoms with van der Waals surface area (Å²) in [6.45, 7) is 1.05. The van der Waals surface area contributed by atoms with Crippen LogP contribution in [0.4, 0.5) is 0 Å². The van der Waals surface area contributed by atoms with Crippen molar-refractivity contribution in [2.24, 2.45) is 5.92 Å². The van der Waals surface area contributed by atoms with Crippen LogP contribution in [0.15, 0.2) is 115 Å². The third-order valence-electron chi connectivity index (χ3n) is 8.47. The zero-order chi connectivity index (χ0) is 30.7. The molecule has 0 bridgehead atoms. The van der Waals surface area contributed by atoms with Gasteiger partial charge in [0.1, 0.15) is 30.5 Å². The minimum atomic E-state index is 0.139. The number of hydrogen-bond donors (Lipinski definition) is 0. The average molecular weight is 597 g/mol. The van der Waals surface area contributed by atoms with Crippen molar-refractivity contribution in [3.8, 4) is 22.8 Å². The van der Waals surface area contributed by atoms with Gasteiger partial charge in [-0.1, -0.05) is 105 Å². The lowest BCUT2D eigenvalue weighted by Gasteiger charge is -2.22. The lowest BCUT2D eigenvalue weighted by atomic mass is 9.85. The third kappa shape index (κ3) is 8.89. The van der Waals surface area contributed by atoms with E-state index >= 15 is 0 Å². The highest BCUT2D eigenvalue weighted by atomic mass is 16.5. The van der Waals surface area contributed by atoms with Crippen LogP contribution in [0, 0.1) is 5.92 Å². The molecule has 1 aliphatic carbocycles. The number of carbonyl (C=O) groups excluding carboxylic acids is 1. The summed E-state index contributed by atoms with van der Waals surface area (Å²) in [5, 5.41) is 0. The summed E-state index contributed by atoms with van der Waals surface area (Å²) in [5.74, 6) is 2.34. The predicted octanol–water partition coefficient (Wildman–Crippen LogP) is 8.78. The van der Waals surface area contributed by atoms with Gasteiger partial charge in [0.25, 0.3) is 0 Å². The Morgan fingerprint density at radius 1 is 0.622 bits per heavy atom. The molecule has 0 N–H and O–H groups in total. The van der Waals surface area contributed by atoms with Crippen molar-refractivity contribution >= 4 is 5.78 Å². The highest BCUT2D eigenvalue weighted by Gasteiger charge is 2.20. The average Bonchev–Trinajstić information content (AvgIpc) is 3.09. The number of aromatic nitrogens is 2. The van der Waals surface area contributed by atoms with Crippen molar-refractivity contribution in [2.75, 3.05) is 0 Å². The smallest absolute Gasteiger partial charge is 0.143 e. The Morgan fingerprint density at radius 2 is 1.20 bits per heavy atom. The number of Topliss-reactive ketones (excluding diaryl/α,β-unsaturated/α-hetero) is 1. The summed E-state index contributed by atoms with van der Waals surface area (Å²) in [6.07, 6.45) is 9.59. The van der Waals surface area contributed by atoms with Crippen LogP contribution in [-0.2, 0) is 37.3 Å². The van der Waals surface area contributed by atoms with Crippen LogP contribution in [0.5, 0.6) is 11.5 Å². The number of ether oxygens (including phenoxy) is 2. The number of benzene rings is 4. The fraction of sp³-hybridized carbons (Fsp3) is 0.275. The number of nitrogens with zero attached hydrogens (tertiary/aromatic N) is 2. The van der Waals surface area contributed by atoms with Gasteiger partial charge in [0, 0.05) is 12.0 Å². The second-order valence-corrected chi connectivity index (χ2v) is 12.0. The van der Waals surface area contributed by atoms with E-state index in [2.05, 4.69) is 12.1 Å². The molecule has 228 valence electrons.